The molecule has 0 unspecified atom stereocenters. The number of hydrogen-bond donors (Lipinski definition) is 0. The Labute approximate surface area is 260 Å². The lowest BCUT2D eigenvalue weighted by Gasteiger charge is -2.19. The molecule has 216 valence electrons. The average Bonchev–Trinajstić information content (AvgIpc) is 2.91. The summed E-state index contributed by atoms with van der Waals surface area (Å²) in [6.45, 7) is 2.08. The Morgan fingerprint density at radius 1 is 0.829 bits per heavy atom. The third-order valence-corrected chi connectivity index (χ3v) is 7.79. The van der Waals surface area contributed by atoms with Crippen LogP contribution in [0, 0.1) is 0 Å². The molecule has 1 heterocycles. The first-order valence-electron chi connectivity index (χ1n) is 13.4. The van der Waals surface area contributed by atoms with Crippen LogP contribution in [-0.2, 0) is 22.7 Å². The Morgan fingerprint density at radius 2 is 1.46 bits per heavy atom. The number of ether oxygens (including phenoxy) is 3. The Balaban J connectivity index is 1.71. The monoisotopic (exact) mass is 634 g/mol. The van der Waals surface area contributed by atoms with E-state index < -0.39 is 5.97 Å². The maximum Gasteiger partial charge on any atom is 0.342 e. The minimum absolute atomic E-state index is 0.0869. The highest BCUT2D eigenvalue weighted by atomic mass is 35.5. The van der Waals surface area contributed by atoms with Crippen LogP contribution >= 0.6 is 46.4 Å². The molecule has 3 aromatic rings. The van der Waals surface area contributed by atoms with Crippen LogP contribution in [0.2, 0.25) is 20.1 Å². The van der Waals surface area contributed by atoms with Crippen molar-refractivity contribution in [1.29, 1.82) is 0 Å². The van der Waals surface area contributed by atoms with Crippen molar-refractivity contribution in [1.82, 2.24) is 0 Å². The van der Waals surface area contributed by atoms with Crippen LogP contribution in [0.25, 0.3) is 6.08 Å². The molecule has 0 fully saturated rings. The largest absolute Gasteiger partial charge is 0.489 e. The quantitative estimate of drug-likeness (QED) is 0.252. The Morgan fingerprint density at radius 3 is 2.12 bits per heavy atom. The number of carbonyl (C=O) groups is 2. The van der Waals surface area contributed by atoms with E-state index in [-0.39, 0.29) is 36.4 Å². The van der Waals surface area contributed by atoms with Gasteiger partial charge in [0, 0.05) is 50.1 Å². The van der Waals surface area contributed by atoms with Gasteiger partial charge in [-0.3, -0.25) is 4.79 Å². The van der Waals surface area contributed by atoms with E-state index >= 15 is 0 Å². The number of allylic oxidation sites excluding steroid dienone is 1. The summed E-state index contributed by atoms with van der Waals surface area (Å²) in [4.78, 5) is 25.7. The zero-order valence-corrected chi connectivity index (χ0v) is 25.6. The predicted molar refractivity (Wildman–Crippen MR) is 165 cm³/mol. The molecule has 1 atom stereocenters. The van der Waals surface area contributed by atoms with Crippen LogP contribution in [0.1, 0.15) is 72.5 Å². The number of halogens is 4. The molecule has 0 saturated carbocycles. The number of cyclic esters (lactones) is 1. The second-order valence-corrected chi connectivity index (χ2v) is 11.6. The molecule has 0 bridgehead atoms. The van der Waals surface area contributed by atoms with Gasteiger partial charge in [-0.1, -0.05) is 70.7 Å². The lowest BCUT2D eigenvalue weighted by Crippen LogP contribution is -2.18. The molecular formula is C32H30Cl4O5. The molecule has 0 spiro atoms. The first kappa shape index (κ1) is 31.2. The van der Waals surface area contributed by atoms with Crippen molar-refractivity contribution in [2.24, 2.45) is 0 Å². The van der Waals surface area contributed by atoms with Gasteiger partial charge in [-0.25, -0.2) is 4.79 Å². The fourth-order valence-corrected chi connectivity index (χ4v) is 5.32. The van der Waals surface area contributed by atoms with Crippen LogP contribution < -0.4 is 9.47 Å². The van der Waals surface area contributed by atoms with E-state index in [9.17, 15) is 9.59 Å². The van der Waals surface area contributed by atoms with Crippen molar-refractivity contribution in [3.63, 3.8) is 0 Å². The molecule has 41 heavy (non-hydrogen) atoms. The molecule has 9 heteroatoms. The van der Waals surface area contributed by atoms with Crippen molar-refractivity contribution in [2.75, 3.05) is 0 Å². The van der Waals surface area contributed by atoms with E-state index in [0.717, 1.165) is 12.0 Å². The number of ketones is 1. The second-order valence-electron chi connectivity index (χ2n) is 9.88. The number of fused-ring (bicyclic) bond motifs is 1. The van der Waals surface area contributed by atoms with Gasteiger partial charge >= 0.3 is 5.97 Å². The highest BCUT2D eigenvalue weighted by Crippen LogP contribution is 2.34. The standard InChI is InChI=1S/C32H30Cl4O5/c1-20-6-5-9-26(37)8-4-2-3-7-21-14-27(39-18-22-10-12-24(33)15-28(22)35)17-30(31(21)32(38)41-20)40-19-23-11-13-25(34)16-29(23)36/h3,7,10-17,20H,2,4-6,8-9,18-19H2,1H3/b7-3+/t20-/m0/s1. The number of rotatable bonds is 6. The van der Waals surface area contributed by atoms with E-state index in [1.807, 2.05) is 19.1 Å². The van der Waals surface area contributed by atoms with Gasteiger partial charge in [0.2, 0.25) is 0 Å². The summed E-state index contributed by atoms with van der Waals surface area (Å²) in [5.41, 5.74) is 2.30. The van der Waals surface area contributed by atoms with E-state index in [0.29, 0.717) is 69.1 Å². The van der Waals surface area contributed by atoms with Crippen molar-refractivity contribution in [3.05, 3.63) is 97.0 Å². The SMILES string of the molecule is C[C@H]1CCCC(=O)CCC/C=C/c2cc(OCc3ccc(Cl)cc3Cl)cc(OCc3ccc(Cl)cc3Cl)c2C(=O)O1. The normalized spacial score (nSPS) is 17.2. The van der Waals surface area contributed by atoms with Crippen LogP contribution in [0.3, 0.4) is 0 Å². The highest BCUT2D eigenvalue weighted by Gasteiger charge is 2.23. The van der Waals surface area contributed by atoms with Gasteiger partial charge in [-0.2, -0.15) is 0 Å². The van der Waals surface area contributed by atoms with Gasteiger partial charge in [0.25, 0.3) is 0 Å². The zero-order chi connectivity index (χ0) is 29.4. The summed E-state index contributed by atoms with van der Waals surface area (Å²) >= 11 is 24.8. The van der Waals surface area contributed by atoms with E-state index in [4.69, 9.17) is 60.6 Å². The van der Waals surface area contributed by atoms with Gasteiger partial charge < -0.3 is 14.2 Å². The minimum Gasteiger partial charge on any atom is -0.489 e. The molecule has 1 aliphatic heterocycles. The summed E-state index contributed by atoms with van der Waals surface area (Å²) in [7, 11) is 0. The van der Waals surface area contributed by atoms with Gasteiger partial charge in [0.1, 0.15) is 36.1 Å². The molecule has 0 aromatic heterocycles. The molecule has 0 N–H and O–H groups in total. The molecule has 0 amide bonds. The summed E-state index contributed by atoms with van der Waals surface area (Å²) in [5.74, 6) is 0.455. The first-order valence-corrected chi connectivity index (χ1v) is 14.9. The smallest absolute Gasteiger partial charge is 0.342 e. The van der Waals surface area contributed by atoms with Crippen molar-refractivity contribution in [2.45, 2.75) is 64.8 Å². The number of Topliss-reactive ketones (excluding diaryl/α,β-unsaturated/α-hetero) is 1. The van der Waals surface area contributed by atoms with E-state index in [2.05, 4.69) is 0 Å². The van der Waals surface area contributed by atoms with Crippen LogP contribution in [-0.4, -0.2) is 17.9 Å². The van der Waals surface area contributed by atoms with Gasteiger partial charge in [0.15, 0.2) is 0 Å². The molecular weight excluding hydrogens is 606 g/mol. The second kappa shape index (κ2) is 15.0. The van der Waals surface area contributed by atoms with Crippen LogP contribution in [0.5, 0.6) is 11.5 Å². The fraction of sp³-hybridized carbons (Fsp3) is 0.312. The van der Waals surface area contributed by atoms with E-state index in [1.54, 1.807) is 48.5 Å². The number of carbonyl (C=O) groups excluding carboxylic acids is 2. The topological polar surface area (TPSA) is 61.8 Å². The maximum atomic E-state index is 13.5. The Kier molecular flexibility index (Phi) is 11.4. The summed E-state index contributed by atoms with van der Waals surface area (Å²) in [6.07, 6.45) is 7.06. The summed E-state index contributed by atoms with van der Waals surface area (Å²) in [6, 6.07) is 13.7. The minimum atomic E-state index is -0.523. The number of hydrogen-bond acceptors (Lipinski definition) is 5. The van der Waals surface area contributed by atoms with Crippen LogP contribution in [0.15, 0.2) is 54.6 Å². The highest BCUT2D eigenvalue weighted by molar-refractivity contribution is 6.35. The van der Waals surface area contributed by atoms with E-state index in [1.165, 1.54) is 0 Å². The predicted octanol–water partition coefficient (Wildman–Crippen LogP) is 9.94. The molecule has 4 rings (SSSR count). The molecule has 0 radical (unpaired) electrons. The maximum absolute atomic E-state index is 13.5. The molecule has 3 aromatic carbocycles. The first-order chi connectivity index (χ1) is 19.7. The summed E-state index contributed by atoms with van der Waals surface area (Å²) < 4.78 is 18.1. The molecule has 1 aliphatic rings. The number of benzene rings is 3. The molecule has 0 saturated heterocycles. The van der Waals surface area contributed by atoms with Crippen molar-refractivity contribution in [3.8, 4) is 11.5 Å². The molecule has 5 nitrogen and oxygen atoms in total. The van der Waals surface area contributed by atoms with Gasteiger partial charge in [-0.05, 0) is 68.5 Å². The lowest BCUT2D eigenvalue weighted by atomic mass is 10.0. The molecule has 0 aliphatic carbocycles. The lowest BCUT2D eigenvalue weighted by molar-refractivity contribution is -0.119. The Hall–Kier alpha value is -2.70. The third-order valence-electron chi connectivity index (χ3n) is 6.62. The van der Waals surface area contributed by atoms with Gasteiger partial charge in [-0.15, -0.1) is 0 Å². The third kappa shape index (κ3) is 9.14. The fourth-order valence-electron chi connectivity index (χ4n) is 4.39. The average molecular weight is 636 g/mol. The zero-order valence-electron chi connectivity index (χ0n) is 22.6. The van der Waals surface area contributed by atoms with Crippen molar-refractivity contribution >= 4 is 64.2 Å². The van der Waals surface area contributed by atoms with Crippen molar-refractivity contribution < 1.29 is 23.8 Å². The summed E-state index contributed by atoms with van der Waals surface area (Å²) in [5, 5.41) is 1.97. The van der Waals surface area contributed by atoms with Gasteiger partial charge in [0.05, 0.1) is 6.10 Å². The number of esters is 1. The van der Waals surface area contributed by atoms with Crippen LogP contribution in [0.4, 0.5) is 0 Å². The Bertz CT molecular complexity index is 1440.